The van der Waals surface area contributed by atoms with E-state index in [0.29, 0.717) is 0 Å². The minimum absolute atomic E-state index is 1.28. The molecule has 0 aliphatic heterocycles. The second-order valence-electron chi connectivity index (χ2n) is 2.73. The second-order valence-corrected chi connectivity index (χ2v) is 2.73. The lowest BCUT2D eigenvalue weighted by atomic mass is 10.1. The van der Waals surface area contributed by atoms with Gasteiger partial charge in [-0.3, -0.25) is 0 Å². The zero-order chi connectivity index (χ0) is 10.2. The Hall–Kier alpha value is -2.07. The minimum Gasteiger partial charge on any atom is -0.512 e. The smallest absolute Gasteiger partial charge is 0.0184 e. The third kappa shape index (κ3) is 2.46. The van der Waals surface area contributed by atoms with Gasteiger partial charge in [-0.05, 0) is 11.1 Å². The van der Waals surface area contributed by atoms with Gasteiger partial charge in [-0.15, -0.1) is 0 Å². The van der Waals surface area contributed by atoms with Crippen LogP contribution >= 0.6 is 0 Å². The summed E-state index contributed by atoms with van der Waals surface area (Å²) in [6.07, 6.45) is 0. The van der Waals surface area contributed by atoms with Crippen molar-refractivity contribution in [2.45, 2.75) is 0 Å². The molecule has 0 atom stereocenters. The summed E-state index contributed by atoms with van der Waals surface area (Å²) >= 11 is 0. The molecule has 0 spiro atoms. The summed E-state index contributed by atoms with van der Waals surface area (Å²) in [7, 11) is 0. The molecule has 0 aliphatic rings. The Morgan fingerprint density at radius 1 is 0.571 bits per heavy atom. The van der Waals surface area contributed by atoms with Gasteiger partial charge in [0.05, 0.1) is 0 Å². The molecule has 0 fully saturated rings. The lowest BCUT2D eigenvalue weighted by Crippen LogP contribution is -1.73. The van der Waals surface area contributed by atoms with E-state index in [0.717, 1.165) is 0 Å². The molecule has 0 saturated heterocycles. The van der Waals surface area contributed by atoms with Crippen LogP contribution < -0.4 is 0 Å². The van der Waals surface area contributed by atoms with Crippen LogP contribution in [0.15, 0.2) is 60.7 Å². The number of benzene rings is 2. The largest absolute Gasteiger partial charge is 0.512 e. The summed E-state index contributed by atoms with van der Waals surface area (Å²) in [6, 6.07) is 20.8. The summed E-state index contributed by atoms with van der Waals surface area (Å²) in [5.41, 5.74) is 2.55. The van der Waals surface area contributed by atoms with E-state index in [-0.39, 0.29) is 0 Å². The van der Waals surface area contributed by atoms with Gasteiger partial charge in [-0.25, -0.2) is 0 Å². The molecule has 1 heteroatoms. The predicted octanol–water partition coefficient (Wildman–Crippen LogP) is 3.45. The summed E-state index contributed by atoms with van der Waals surface area (Å²) in [6.45, 7) is 4.75. The molecule has 2 aromatic rings. The van der Waals surface area contributed by atoms with Gasteiger partial charge < -0.3 is 11.8 Å². The van der Waals surface area contributed by atoms with Gasteiger partial charge >= 0.3 is 0 Å². The Bertz CT molecular complexity index is 338. The maximum atomic E-state index is 6.25. The summed E-state index contributed by atoms with van der Waals surface area (Å²) in [5.74, 6) is 0. The van der Waals surface area contributed by atoms with Gasteiger partial charge in [0.1, 0.15) is 0 Å². The first-order chi connectivity index (χ1) is 6.97. The lowest BCUT2D eigenvalue weighted by molar-refractivity contribution is 1.53. The van der Waals surface area contributed by atoms with Crippen molar-refractivity contribution in [3.8, 4) is 11.1 Å². The highest BCUT2D eigenvalue weighted by Crippen LogP contribution is 2.17. The van der Waals surface area contributed by atoms with E-state index in [9.17, 15) is 0 Å². The van der Waals surface area contributed by atoms with Gasteiger partial charge in [0.15, 0.2) is 0 Å². The fourth-order valence-corrected chi connectivity index (χ4v) is 1.26. The van der Waals surface area contributed by atoms with Crippen LogP contribution in [0.25, 0.3) is 11.1 Å². The van der Waals surface area contributed by atoms with Crippen molar-refractivity contribution in [3.63, 3.8) is 0 Å². The highest BCUT2D eigenvalue weighted by atomic mass is 14.2. The van der Waals surface area contributed by atoms with E-state index in [1.54, 1.807) is 0 Å². The first-order valence-corrected chi connectivity index (χ1v) is 4.29. The summed E-state index contributed by atoms with van der Waals surface area (Å²) in [4.78, 5) is 0. The molecule has 0 aliphatic carbocycles. The fraction of sp³-hybridized carbons (Fsp3) is 0. The second kappa shape index (κ2) is 5.55. The molecule has 68 valence electrons. The zero-order valence-corrected chi connectivity index (χ0v) is 7.72. The van der Waals surface area contributed by atoms with E-state index in [1.807, 2.05) is 12.1 Å². The van der Waals surface area contributed by atoms with Crippen molar-refractivity contribution < 1.29 is 0 Å². The van der Waals surface area contributed by atoms with Gasteiger partial charge in [0, 0.05) is 0 Å². The van der Waals surface area contributed by atoms with Crippen molar-refractivity contribution in [1.82, 2.24) is 0 Å². The van der Waals surface area contributed by atoms with E-state index in [1.165, 1.54) is 11.1 Å². The van der Waals surface area contributed by atoms with Gasteiger partial charge in [0.2, 0.25) is 0 Å². The average molecular weight is 180 g/mol. The Balaban J connectivity index is 0.000000461. The Kier molecular flexibility index (Phi) is 3.97. The molecule has 1 nitrogen and oxygen atoms in total. The molecule has 2 rings (SSSR count). The van der Waals surface area contributed by atoms with E-state index in [4.69, 9.17) is 11.8 Å². The Morgan fingerprint density at radius 3 is 1.14 bits per heavy atom. The van der Waals surface area contributed by atoms with Crippen LogP contribution in [0.3, 0.4) is 0 Å². The maximum absolute atomic E-state index is 6.25. The highest BCUT2D eigenvalue weighted by molar-refractivity contribution is 5.62. The Labute approximate surface area is 84.3 Å². The molecule has 0 amide bonds. The van der Waals surface area contributed by atoms with Crippen molar-refractivity contribution in [2.24, 2.45) is 0 Å². The standard InChI is InChI=1S/C12H10.CN/c1-3-7-11(8-4-1)12-9-5-2-6-10-12;1-2/h1-10H;/q;-1. The molecular weight excluding hydrogens is 170 g/mol. The molecule has 14 heavy (non-hydrogen) atoms. The third-order valence-corrected chi connectivity index (χ3v) is 1.88. The molecular formula is C13H10N-. The van der Waals surface area contributed by atoms with Gasteiger partial charge in [-0.2, -0.15) is 0 Å². The fourth-order valence-electron chi connectivity index (χ4n) is 1.26. The van der Waals surface area contributed by atoms with Crippen LogP contribution in [0.4, 0.5) is 0 Å². The van der Waals surface area contributed by atoms with E-state index >= 15 is 0 Å². The zero-order valence-electron chi connectivity index (χ0n) is 7.72. The number of hydrogen-bond acceptors (Lipinski definition) is 1. The lowest BCUT2D eigenvalue weighted by Gasteiger charge is -1.98. The van der Waals surface area contributed by atoms with Crippen molar-refractivity contribution in [1.29, 1.82) is 5.26 Å². The van der Waals surface area contributed by atoms with Crippen molar-refractivity contribution in [2.75, 3.05) is 0 Å². The van der Waals surface area contributed by atoms with Crippen molar-refractivity contribution >= 4 is 0 Å². The summed E-state index contributed by atoms with van der Waals surface area (Å²) in [5, 5.41) is 6.25. The van der Waals surface area contributed by atoms with Crippen LogP contribution in [-0.4, -0.2) is 0 Å². The monoisotopic (exact) mass is 180 g/mol. The molecule has 2 aromatic carbocycles. The average Bonchev–Trinajstić information content (AvgIpc) is 2.34. The van der Waals surface area contributed by atoms with E-state index in [2.05, 4.69) is 48.5 Å². The number of hydrogen-bond donors (Lipinski definition) is 0. The van der Waals surface area contributed by atoms with Crippen LogP contribution in [0.5, 0.6) is 0 Å². The molecule has 0 aromatic heterocycles. The molecule has 0 radical (unpaired) electrons. The van der Waals surface area contributed by atoms with Gasteiger partial charge in [0.25, 0.3) is 0 Å². The topological polar surface area (TPSA) is 23.8 Å². The van der Waals surface area contributed by atoms with Crippen molar-refractivity contribution in [3.05, 3.63) is 67.2 Å². The quantitative estimate of drug-likeness (QED) is 0.616. The first kappa shape index (κ1) is 10.0. The molecule has 0 unspecified atom stereocenters. The maximum Gasteiger partial charge on any atom is -0.0184 e. The molecule has 0 bridgehead atoms. The normalized spacial score (nSPS) is 8.43. The molecule has 0 N–H and O–H groups in total. The van der Waals surface area contributed by atoms with Crippen LogP contribution in [0, 0.1) is 11.8 Å². The SMILES string of the molecule is [C-]#N.c1ccc(-c2ccccc2)cc1. The summed E-state index contributed by atoms with van der Waals surface area (Å²) < 4.78 is 0. The third-order valence-electron chi connectivity index (χ3n) is 1.88. The van der Waals surface area contributed by atoms with Crippen LogP contribution in [0.2, 0.25) is 0 Å². The van der Waals surface area contributed by atoms with Crippen LogP contribution in [-0.2, 0) is 0 Å². The minimum atomic E-state index is 1.28. The van der Waals surface area contributed by atoms with Crippen LogP contribution in [0.1, 0.15) is 0 Å². The highest BCUT2D eigenvalue weighted by Gasteiger charge is 1.91. The number of rotatable bonds is 1. The molecule has 0 saturated carbocycles. The van der Waals surface area contributed by atoms with Gasteiger partial charge in [-0.1, -0.05) is 60.7 Å². The first-order valence-electron chi connectivity index (χ1n) is 4.29. The molecule has 0 heterocycles. The Morgan fingerprint density at radius 2 is 0.857 bits per heavy atom. The van der Waals surface area contributed by atoms with E-state index < -0.39 is 0 Å². The predicted molar refractivity (Wildman–Crippen MR) is 56.8 cm³/mol. The number of nitrogens with zero attached hydrogens (tertiary/aromatic N) is 1.